The van der Waals surface area contributed by atoms with Crippen molar-refractivity contribution in [1.29, 1.82) is 0 Å². The summed E-state index contributed by atoms with van der Waals surface area (Å²) >= 11 is 4.09. The SMILES string of the molecule is CC(C)C(N)C(=O)NC(CS)C(=O)NC(Cc1ccc(O)cc1)C(=O)NC(C(=O)O)C(C)O. The third kappa shape index (κ3) is 8.91. The Morgan fingerprint density at radius 1 is 0.939 bits per heavy atom. The van der Waals surface area contributed by atoms with E-state index in [4.69, 9.17) is 5.73 Å². The molecule has 0 bridgehead atoms. The van der Waals surface area contributed by atoms with Gasteiger partial charge >= 0.3 is 5.97 Å². The van der Waals surface area contributed by atoms with Gasteiger partial charge in [0, 0.05) is 12.2 Å². The minimum absolute atomic E-state index is 0.00294. The highest BCUT2D eigenvalue weighted by molar-refractivity contribution is 7.80. The van der Waals surface area contributed by atoms with E-state index in [2.05, 4.69) is 28.6 Å². The van der Waals surface area contributed by atoms with Crippen LogP contribution in [0.1, 0.15) is 26.3 Å². The summed E-state index contributed by atoms with van der Waals surface area (Å²) in [7, 11) is 0. The average molecular weight is 485 g/mol. The number of benzene rings is 1. The van der Waals surface area contributed by atoms with E-state index < -0.39 is 54.0 Å². The van der Waals surface area contributed by atoms with Gasteiger partial charge in [-0.05, 0) is 30.5 Å². The van der Waals surface area contributed by atoms with Crippen molar-refractivity contribution in [3.8, 4) is 5.75 Å². The summed E-state index contributed by atoms with van der Waals surface area (Å²) in [5.41, 5.74) is 6.37. The Labute approximate surface area is 197 Å². The van der Waals surface area contributed by atoms with Crippen molar-refractivity contribution in [3.05, 3.63) is 29.8 Å². The Kier molecular flexibility index (Phi) is 11.1. The summed E-state index contributed by atoms with van der Waals surface area (Å²) in [5.74, 6) is -3.83. The van der Waals surface area contributed by atoms with E-state index in [1.807, 2.05) is 0 Å². The third-order valence-electron chi connectivity index (χ3n) is 4.89. The van der Waals surface area contributed by atoms with E-state index in [1.165, 1.54) is 31.2 Å². The number of nitrogens with one attached hydrogen (secondary N) is 3. The molecule has 0 saturated heterocycles. The molecule has 0 aliphatic heterocycles. The van der Waals surface area contributed by atoms with Crippen molar-refractivity contribution in [2.24, 2.45) is 11.7 Å². The fourth-order valence-corrected chi connectivity index (χ4v) is 3.01. The maximum Gasteiger partial charge on any atom is 0.328 e. The van der Waals surface area contributed by atoms with Crippen molar-refractivity contribution < 1.29 is 34.5 Å². The molecule has 0 saturated carbocycles. The van der Waals surface area contributed by atoms with E-state index in [0.29, 0.717) is 5.56 Å². The number of aliphatic hydroxyl groups excluding tert-OH is 1. The lowest BCUT2D eigenvalue weighted by Gasteiger charge is -2.25. The van der Waals surface area contributed by atoms with Crippen molar-refractivity contribution in [2.75, 3.05) is 5.75 Å². The number of aliphatic hydroxyl groups is 1. The van der Waals surface area contributed by atoms with Crippen molar-refractivity contribution in [1.82, 2.24) is 16.0 Å². The van der Waals surface area contributed by atoms with E-state index in [-0.39, 0.29) is 23.8 Å². The number of nitrogens with two attached hydrogens (primary N) is 1. The average Bonchev–Trinajstić information content (AvgIpc) is 2.75. The first-order valence-corrected chi connectivity index (χ1v) is 11.0. The van der Waals surface area contributed by atoms with E-state index in [9.17, 15) is 34.5 Å². The number of carbonyl (C=O) groups is 4. The van der Waals surface area contributed by atoms with E-state index >= 15 is 0 Å². The molecule has 3 amide bonds. The molecular weight excluding hydrogens is 452 g/mol. The van der Waals surface area contributed by atoms with Crippen LogP contribution in [0, 0.1) is 5.92 Å². The number of phenols is 1. The molecule has 1 aromatic carbocycles. The molecule has 0 spiro atoms. The number of phenolic OH excluding ortho intramolecular Hbond substituents is 1. The number of hydrogen-bond acceptors (Lipinski definition) is 8. The Balaban J connectivity index is 3.07. The number of aromatic hydroxyl groups is 1. The summed E-state index contributed by atoms with van der Waals surface area (Å²) in [5, 5.41) is 35.5. The molecule has 5 unspecified atom stereocenters. The number of thiol groups is 1. The number of rotatable bonds is 12. The van der Waals surface area contributed by atoms with Crippen molar-refractivity contribution in [2.45, 2.75) is 57.5 Å². The Hall–Kier alpha value is -2.83. The fraction of sp³-hybridized carbons (Fsp3) is 0.524. The largest absolute Gasteiger partial charge is 0.508 e. The molecule has 184 valence electrons. The predicted molar refractivity (Wildman–Crippen MR) is 124 cm³/mol. The highest BCUT2D eigenvalue weighted by atomic mass is 32.1. The van der Waals surface area contributed by atoms with Crippen LogP contribution < -0.4 is 21.7 Å². The topological polar surface area (TPSA) is 191 Å². The summed E-state index contributed by atoms with van der Waals surface area (Å²) < 4.78 is 0. The molecule has 0 radical (unpaired) electrons. The number of carboxylic acids is 1. The van der Waals surface area contributed by atoms with Gasteiger partial charge in [-0.3, -0.25) is 14.4 Å². The molecule has 33 heavy (non-hydrogen) atoms. The highest BCUT2D eigenvalue weighted by Gasteiger charge is 2.32. The Bertz CT molecular complexity index is 832. The van der Waals surface area contributed by atoms with Gasteiger partial charge in [-0.25, -0.2) is 4.79 Å². The summed E-state index contributed by atoms with van der Waals surface area (Å²) in [6.45, 7) is 4.70. The van der Waals surface area contributed by atoms with Crippen LogP contribution in [0.15, 0.2) is 24.3 Å². The van der Waals surface area contributed by atoms with Crippen LogP contribution in [-0.2, 0) is 25.6 Å². The van der Waals surface area contributed by atoms with Crippen LogP contribution in [0.3, 0.4) is 0 Å². The van der Waals surface area contributed by atoms with Crippen molar-refractivity contribution in [3.63, 3.8) is 0 Å². The molecule has 1 aromatic rings. The van der Waals surface area contributed by atoms with Gasteiger partial charge in [-0.15, -0.1) is 0 Å². The summed E-state index contributed by atoms with van der Waals surface area (Å²) in [6.07, 6.45) is -1.44. The minimum atomic E-state index is -1.60. The number of carboxylic acid groups (broad SMARTS) is 1. The van der Waals surface area contributed by atoms with Crippen LogP contribution in [-0.4, -0.2) is 75.0 Å². The van der Waals surface area contributed by atoms with E-state index in [1.54, 1.807) is 13.8 Å². The first kappa shape index (κ1) is 28.2. The first-order chi connectivity index (χ1) is 15.4. The third-order valence-corrected chi connectivity index (χ3v) is 5.26. The van der Waals surface area contributed by atoms with Gasteiger partial charge in [-0.1, -0.05) is 26.0 Å². The molecule has 0 aliphatic rings. The lowest BCUT2D eigenvalue weighted by molar-refractivity contribution is -0.145. The summed E-state index contributed by atoms with van der Waals surface area (Å²) in [6, 6.07) is 1.06. The molecule has 5 atom stereocenters. The Morgan fingerprint density at radius 3 is 1.91 bits per heavy atom. The van der Waals surface area contributed by atoms with Gasteiger partial charge in [0.15, 0.2) is 6.04 Å². The quantitative estimate of drug-likeness (QED) is 0.169. The molecule has 0 aromatic heterocycles. The van der Waals surface area contributed by atoms with Crippen LogP contribution in [0.2, 0.25) is 0 Å². The highest BCUT2D eigenvalue weighted by Crippen LogP contribution is 2.12. The maximum atomic E-state index is 12.8. The van der Waals surface area contributed by atoms with Gasteiger partial charge in [0.1, 0.15) is 17.8 Å². The standard InChI is InChI=1S/C21H32N4O7S/c1-10(2)16(22)20(30)24-15(9-33)19(29)23-14(8-12-4-6-13(27)7-5-12)18(28)25-17(11(3)26)21(31)32/h4-7,10-11,14-17,26-27,33H,8-9,22H2,1-3H3,(H,23,29)(H,24,30)(H,25,28)(H,31,32). The lowest BCUT2D eigenvalue weighted by Crippen LogP contribution is -2.59. The second kappa shape index (κ2) is 13.0. The maximum absolute atomic E-state index is 12.8. The number of aliphatic carboxylic acids is 1. The van der Waals surface area contributed by atoms with Crippen molar-refractivity contribution >= 4 is 36.3 Å². The Morgan fingerprint density at radius 2 is 1.45 bits per heavy atom. The molecule has 11 nitrogen and oxygen atoms in total. The van der Waals surface area contributed by atoms with Gasteiger partial charge < -0.3 is 37.0 Å². The molecular formula is C21H32N4O7S. The van der Waals surface area contributed by atoms with Gasteiger partial charge in [0.25, 0.3) is 0 Å². The first-order valence-electron chi connectivity index (χ1n) is 10.3. The molecule has 0 heterocycles. The van der Waals surface area contributed by atoms with Gasteiger partial charge in [0.05, 0.1) is 12.1 Å². The van der Waals surface area contributed by atoms with Crippen LogP contribution in [0.25, 0.3) is 0 Å². The summed E-state index contributed by atoms with van der Waals surface area (Å²) in [4.78, 5) is 49.2. The van der Waals surface area contributed by atoms with Gasteiger partial charge in [-0.2, -0.15) is 12.6 Å². The monoisotopic (exact) mass is 484 g/mol. The molecule has 8 N–H and O–H groups in total. The van der Waals surface area contributed by atoms with Crippen LogP contribution in [0.5, 0.6) is 5.75 Å². The van der Waals surface area contributed by atoms with Crippen LogP contribution >= 0.6 is 12.6 Å². The zero-order valence-electron chi connectivity index (χ0n) is 18.7. The molecule has 12 heteroatoms. The lowest BCUT2D eigenvalue weighted by atomic mass is 10.0. The molecule has 1 rings (SSSR count). The number of hydrogen-bond donors (Lipinski definition) is 8. The number of carbonyl (C=O) groups excluding carboxylic acids is 3. The minimum Gasteiger partial charge on any atom is -0.508 e. The number of amides is 3. The second-order valence-corrected chi connectivity index (χ2v) is 8.38. The predicted octanol–water partition coefficient (Wildman–Crippen LogP) is -1.23. The second-order valence-electron chi connectivity index (χ2n) is 8.01. The van der Waals surface area contributed by atoms with Crippen LogP contribution in [0.4, 0.5) is 0 Å². The smallest absolute Gasteiger partial charge is 0.328 e. The normalized spacial score (nSPS) is 15.6. The molecule has 0 fully saturated rings. The van der Waals surface area contributed by atoms with Gasteiger partial charge in [0.2, 0.25) is 17.7 Å². The fourth-order valence-electron chi connectivity index (χ4n) is 2.76. The van der Waals surface area contributed by atoms with E-state index in [0.717, 1.165) is 0 Å². The molecule has 0 aliphatic carbocycles. The zero-order valence-corrected chi connectivity index (χ0v) is 19.6. The zero-order chi connectivity index (χ0) is 25.3.